The van der Waals surface area contributed by atoms with E-state index >= 15 is 0 Å². The third-order valence-electron chi connectivity index (χ3n) is 5.50. The van der Waals surface area contributed by atoms with Gasteiger partial charge in [-0.05, 0) is 43.3 Å². The molecule has 3 aromatic rings. The summed E-state index contributed by atoms with van der Waals surface area (Å²) < 4.78 is 31.6. The minimum atomic E-state index is -3.58. The smallest absolute Gasteiger partial charge is 0.318 e. The van der Waals surface area contributed by atoms with Crippen molar-refractivity contribution in [1.82, 2.24) is 15.3 Å². The van der Waals surface area contributed by atoms with E-state index in [9.17, 15) is 13.2 Å². The molecule has 0 bridgehead atoms. The second-order valence-corrected chi connectivity index (χ2v) is 10.0. The zero-order chi connectivity index (χ0) is 24.1. The summed E-state index contributed by atoms with van der Waals surface area (Å²) >= 11 is 0. The molecule has 1 atom stereocenters. The molecule has 0 radical (unpaired) electrons. The Morgan fingerprint density at radius 3 is 2.53 bits per heavy atom. The van der Waals surface area contributed by atoms with Crippen molar-refractivity contribution in [3.05, 3.63) is 66.4 Å². The van der Waals surface area contributed by atoms with Crippen molar-refractivity contribution in [2.75, 3.05) is 37.0 Å². The predicted molar refractivity (Wildman–Crippen MR) is 131 cm³/mol. The molecule has 2 N–H and O–H groups in total. The van der Waals surface area contributed by atoms with E-state index in [4.69, 9.17) is 9.72 Å². The Hall–Kier alpha value is -3.50. The molecule has 9 nitrogen and oxygen atoms in total. The lowest BCUT2D eigenvalue weighted by molar-refractivity contribution is 0.0985. The number of morpholine rings is 1. The number of hydrogen-bond donors (Lipinski definition) is 2. The Morgan fingerprint density at radius 1 is 1.12 bits per heavy atom. The molecule has 178 valence electrons. The molecule has 1 fully saturated rings. The standard InChI is InChI=1S/C24H27N5O4S/c1-17-15-33-13-12-29(17)22-14-20(16-34(31,32)21-6-4-3-5-7-21)26-23(28-22)18-8-10-19(11-9-18)27-24(30)25-2/h3-11,14,17H,12-13,15-16H2,1-2H3,(H2,25,27,30)/t17-/m1/s1. The highest BCUT2D eigenvalue weighted by Crippen LogP contribution is 2.26. The van der Waals surface area contributed by atoms with E-state index in [1.54, 1.807) is 67.7 Å². The fourth-order valence-electron chi connectivity index (χ4n) is 3.70. The maximum absolute atomic E-state index is 13.0. The number of urea groups is 1. The van der Waals surface area contributed by atoms with Crippen LogP contribution in [0.1, 0.15) is 12.6 Å². The number of anilines is 2. The highest BCUT2D eigenvalue weighted by Gasteiger charge is 2.24. The summed E-state index contributed by atoms with van der Waals surface area (Å²) in [5, 5.41) is 5.21. The number of ether oxygens (including phenoxy) is 1. The van der Waals surface area contributed by atoms with Crippen LogP contribution < -0.4 is 15.5 Å². The molecule has 1 aromatic heterocycles. The number of nitrogens with one attached hydrogen (secondary N) is 2. The van der Waals surface area contributed by atoms with Crippen LogP contribution in [-0.4, -0.2) is 57.3 Å². The minimum Gasteiger partial charge on any atom is -0.377 e. The Balaban J connectivity index is 1.71. The number of rotatable bonds is 6. The van der Waals surface area contributed by atoms with Crippen LogP contribution in [0.15, 0.2) is 65.6 Å². The van der Waals surface area contributed by atoms with Crippen molar-refractivity contribution in [1.29, 1.82) is 0 Å². The number of amides is 2. The first-order chi connectivity index (χ1) is 16.4. The van der Waals surface area contributed by atoms with Crippen LogP contribution >= 0.6 is 0 Å². The average molecular weight is 482 g/mol. The summed E-state index contributed by atoms with van der Waals surface area (Å²) in [6.07, 6.45) is 0. The Labute approximate surface area is 199 Å². The van der Waals surface area contributed by atoms with Gasteiger partial charge in [0.1, 0.15) is 5.82 Å². The number of aromatic nitrogens is 2. The Bertz CT molecular complexity index is 1250. The molecule has 10 heteroatoms. The van der Waals surface area contributed by atoms with Gasteiger partial charge in [0, 0.05) is 30.9 Å². The van der Waals surface area contributed by atoms with E-state index in [0.717, 1.165) is 0 Å². The summed E-state index contributed by atoms with van der Waals surface area (Å²) in [7, 11) is -2.04. The zero-order valence-corrected chi connectivity index (χ0v) is 19.9. The molecule has 2 heterocycles. The van der Waals surface area contributed by atoms with Crippen molar-refractivity contribution in [3.8, 4) is 11.4 Å². The predicted octanol–water partition coefficient (Wildman–Crippen LogP) is 3.09. The first-order valence-electron chi connectivity index (χ1n) is 10.9. The van der Waals surface area contributed by atoms with Gasteiger partial charge in [0.25, 0.3) is 0 Å². The van der Waals surface area contributed by atoms with Crippen LogP contribution in [0.3, 0.4) is 0 Å². The number of nitrogens with zero attached hydrogens (tertiary/aromatic N) is 3. The topological polar surface area (TPSA) is 114 Å². The molecule has 1 saturated heterocycles. The van der Waals surface area contributed by atoms with Gasteiger partial charge in [-0.2, -0.15) is 0 Å². The van der Waals surface area contributed by atoms with Gasteiger partial charge in [0.05, 0.1) is 35.6 Å². The lowest BCUT2D eigenvalue weighted by Crippen LogP contribution is -2.44. The molecule has 0 aliphatic carbocycles. The number of hydrogen-bond acceptors (Lipinski definition) is 7. The second-order valence-electron chi connectivity index (χ2n) is 8.01. The molecule has 0 unspecified atom stereocenters. The van der Waals surface area contributed by atoms with Crippen molar-refractivity contribution >= 4 is 27.4 Å². The molecule has 1 aliphatic heterocycles. The van der Waals surface area contributed by atoms with Gasteiger partial charge in [0.2, 0.25) is 0 Å². The lowest BCUT2D eigenvalue weighted by atomic mass is 10.2. The van der Waals surface area contributed by atoms with E-state index in [2.05, 4.69) is 20.5 Å². The largest absolute Gasteiger partial charge is 0.377 e. The zero-order valence-electron chi connectivity index (χ0n) is 19.1. The van der Waals surface area contributed by atoms with Gasteiger partial charge in [-0.25, -0.2) is 23.2 Å². The van der Waals surface area contributed by atoms with Crippen LogP contribution in [0.25, 0.3) is 11.4 Å². The van der Waals surface area contributed by atoms with Crippen molar-refractivity contribution in [2.24, 2.45) is 0 Å². The summed E-state index contributed by atoms with van der Waals surface area (Å²) in [6.45, 7) is 3.83. The molecule has 34 heavy (non-hydrogen) atoms. The molecule has 4 rings (SSSR count). The van der Waals surface area contributed by atoms with Gasteiger partial charge >= 0.3 is 6.03 Å². The highest BCUT2D eigenvalue weighted by molar-refractivity contribution is 7.90. The molecular formula is C24H27N5O4S. The second kappa shape index (κ2) is 10.2. The quantitative estimate of drug-likeness (QED) is 0.556. The summed E-state index contributed by atoms with van der Waals surface area (Å²) in [6, 6.07) is 17.0. The maximum Gasteiger partial charge on any atom is 0.318 e. The molecule has 0 saturated carbocycles. The molecule has 0 spiro atoms. The fourth-order valence-corrected chi connectivity index (χ4v) is 4.98. The van der Waals surface area contributed by atoms with E-state index in [-0.39, 0.29) is 22.7 Å². The monoisotopic (exact) mass is 481 g/mol. The third-order valence-corrected chi connectivity index (χ3v) is 7.16. The normalized spacial score (nSPS) is 16.2. The van der Waals surface area contributed by atoms with Gasteiger partial charge < -0.3 is 20.3 Å². The number of benzene rings is 2. The highest BCUT2D eigenvalue weighted by atomic mass is 32.2. The number of carbonyl (C=O) groups is 1. The maximum atomic E-state index is 13.0. The minimum absolute atomic E-state index is 0.0919. The first-order valence-corrected chi connectivity index (χ1v) is 12.6. The number of carbonyl (C=O) groups excluding carboxylic acids is 1. The fraction of sp³-hybridized carbons (Fsp3) is 0.292. The lowest BCUT2D eigenvalue weighted by Gasteiger charge is -2.34. The molecular weight excluding hydrogens is 454 g/mol. The van der Waals surface area contributed by atoms with Crippen molar-refractivity contribution < 1.29 is 17.9 Å². The molecule has 2 amide bonds. The van der Waals surface area contributed by atoms with Gasteiger partial charge in [0.15, 0.2) is 15.7 Å². The van der Waals surface area contributed by atoms with Crippen LogP contribution in [0.4, 0.5) is 16.3 Å². The van der Waals surface area contributed by atoms with Crippen LogP contribution in [0.5, 0.6) is 0 Å². The Kier molecular flexibility index (Phi) is 7.09. The summed E-state index contributed by atoms with van der Waals surface area (Å²) in [5.74, 6) is 0.835. The van der Waals surface area contributed by atoms with Crippen LogP contribution in [0.2, 0.25) is 0 Å². The van der Waals surface area contributed by atoms with Gasteiger partial charge in [-0.1, -0.05) is 18.2 Å². The van der Waals surface area contributed by atoms with E-state index in [1.807, 2.05) is 6.92 Å². The van der Waals surface area contributed by atoms with Crippen LogP contribution in [0, 0.1) is 0 Å². The third kappa shape index (κ3) is 5.52. The summed E-state index contributed by atoms with van der Waals surface area (Å²) in [4.78, 5) is 23.3. The molecule has 2 aromatic carbocycles. The first kappa shape index (κ1) is 23.7. The van der Waals surface area contributed by atoms with E-state index in [1.165, 1.54) is 0 Å². The van der Waals surface area contributed by atoms with Crippen molar-refractivity contribution in [2.45, 2.75) is 23.6 Å². The Morgan fingerprint density at radius 2 is 1.85 bits per heavy atom. The SMILES string of the molecule is CNC(=O)Nc1ccc(-c2nc(CS(=O)(=O)c3ccccc3)cc(N3CCOC[C@H]3C)n2)cc1. The summed E-state index contributed by atoms with van der Waals surface area (Å²) in [5.41, 5.74) is 1.74. The van der Waals surface area contributed by atoms with Crippen molar-refractivity contribution in [3.63, 3.8) is 0 Å². The van der Waals surface area contributed by atoms with E-state index < -0.39 is 9.84 Å². The number of sulfone groups is 1. The van der Waals surface area contributed by atoms with Gasteiger partial charge in [-0.3, -0.25) is 0 Å². The average Bonchev–Trinajstić information content (AvgIpc) is 2.85. The molecule has 1 aliphatic rings. The van der Waals surface area contributed by atoms with E-state index in [0.29, 0.717) is 48.3 Å². The van der Waals surface area contributed by atoms with Crippen LogP contribution in [-0.2, 0) is 20.3 Å². The van der Waals surface area contributed by atoms with Gasteiger partial charge in [-0.15, -0.1) is 0 Å².